The lowest BCUT2D eigenvalue weighted by atomic mass is 10.1. The molecule has 104 valence electrons. The van der Waals surface area contributed by atoms with Crippen LogP contribution in [0.25, 0.3) is 11.4 Å². The Kier molecular flexibility index (Phi) is 3.16. The van der Waals surface area contributed by atoms with Gasteiger partial charge in [-0.05, 0) is 48.5 Å². The van der Waals surface area contributed by atoms with Crippen molar-refractivity contribution in [3.8, 4) is 22.9 Å². The Morgan fingerprint density at radius 1 is 0.905 bits per heavy atom. The molecule has 0 aliphatic rings. The molecule has 5 heteroatoms. The van der Waals surface area contributed by atoms with Crippen LogP contribution in [-0.4, -0.2) is 26.0 Å². The fourth-order valence-electron chi connectivity index (χ4n) is 1.97. The van der Waals surface area contributed by atoms with Crippen molar-refractivity contribution in [2.75, 3.05) is 0 Å². The van der Waals surface area contributed by atoms with Gasteiger partial charge in [0.05, 0.1) is 6.20 Å². The van der Waals surface area contributed by atoms with Crippen LogP contribution in [0.2, 0.25) is 0 Å². The molecule has 1 heterocycles. The number of carbonyl (C=O) groups excluding carboxylic acids is 1. The Morgan fingerprint density at radius 3 is 2.10 bits per heavy atom. The van der Waals surface area contributed by atoms with Crippen molar-refractivity contribution in [3.63, 3.8) is 0 Å². The average Bonchev–Trinajstić information content (AvgIpc) is 2.98. The number of nitrogens with one attached hydrogen (secondary N) is 1. The number of rotatable bonds is 3. The summed E-state index contributed by atoms with van der Waals surface area (Å²) in [6.45, 7) is 0. The summed E-state index contributed by atoms with van der Waals surface area (Å²) < 4.78 is 0. The number of aromatic nitrogens is 2. The third-order valence-corrected chi connectivity index (χ3v) is 3.09. The van der Waals surface area contributed by atoms with E-state index in [2.05, 4.69) is 9.97 Å². The maximum Gasteiger partial charge on any atom is 0.210 e. The molecule has 1 aromatic heterocycles. The van der Waals surface area contributed by atoms with E-state index in [1.54, 1.807) is 36.4 Å². The van der Waals surface area contributed by atoms with Crippen molar-refractivity contribution < 1.29 is 15.0 Å². The molecule has 3 N–H and O–H groups in total. The predicted octanol–water partition coefficient (Wildman–Crippen LogP) is 2.72. The van der Waals surface area contributed by atoms with Gasteiger partial charge >= 0.3 is 0 Å². The second kappa shape index (κ2) is 5.13. The molecule has 0 radical (unpaired) electrons. The summed E-state index contributed by atoms with van der Waals surface area (Å²) in [6, 6.07) is 12.6. The topological polar surface area (TPSA) is 86.2 Å². The number of carbonyl (C=O) groups is 1. The number of H-pyrrole nitrogens is 1. The fourth-order valence-corrected chi connectivity index (χ4v) is 1.97. The Hall–Kier alpha value is -3.08. The third-order valence-electron chi connectivity index (χ3n) is 3.09. The number of ketones is 1. The minimum atomic E-state index is -0.201. The highest BCUT2D eigenvalue weighted by Gasteiger charge is 2.13. The van der Waals surface area contributed by atoms with Crippen LogP contribution < -0.4 is 0 Å². The molecule has 0 unspecified atom stereocenters. The smallest absolute Gasteiger partial charge is 0.210 e. The minimum Gasteiger partial charge on any atom is -0.508 e. The first-order chi connectivity index (χ1) is 10.1. The largest absolute Gasteiger partial charge is 0.508 e. The lowest BCUT2D eigenvalue weighted by molar-refractivity contribution is 0.103. The van der Waals surface area contributed by atoms with Gasteiger partial charge in [-0.1, -0.05) is 0 Å². The zero-order valence-corrected chi connectivity index (χ0v) is 10.9. The van der Waals surface area contributed by atoms with Gasteiger partial charge in [-0.3, -0.25) is 4.79 Å². The van der Waals surface area contributed by atoms with Gasteiger partial charge in [-0.25, -0.2) is 4.98 Å². The lowest BCUT2D eigenvalue weighted by Crippen LogP contribution is -2.01. The molecule has 21 heavy (non-hydrogen) atoms. The van der Waals surface area contributed by atoms with Gasteiger partial charge in [-0.2, -0.15) is 0 Å². The van der Waals surface area contributed by atoms with Gasteiger partial charge in [0.1, 0.15) is 23.0 Å². The molecule has 0 aliphatic heterocycles. The summed E-state index contributed by atoms with van der Waals surface area (Å²) in [6.07, 6.45) is 1.47. The summed E-state index contributed by atoms with van der Waals surface area (Å²) in [7, 11) is 0. The number of aromatic hydroxyl groups is 2. The molecule has 2 aromatic carbocycles. The summed E-state index contributed by atoms with van der Waals surface area (Å²) in [5.41, 5.74) is 1.61. The van der Waals surface area contributed by atoms with Gasteiger partial charge in [0.25, 0.3) is 0 Å². The molecule has 0 saturated carbocycles. The van der Waals surface area contributed by atoms with Gasteiger partial charge in [0.15, 0.2) is 0 Å². The number of imidazole rings is 1. The van der Waals surface area contributed by atoms with Crippen LogP contribution >= 0.6 is 0 Å². The minimum absolute atomic E-state index is 0.112. The molecule has 0 aliphatic carbocycles. The first kappa shape index (κ1) is 12.9. The summed E-state index contributed by atoms with van der Waals surface area (Å²) in [5, 5.41) is 18.5. The van der Waals surface area contributed by atoms with E-state index in [9.17, 15) is 15.0 Å². The first-order valence-corrected chi connectivity index (χ1v) is 6.31. The van der Waals surface area contributed by atoms with Crippen LogP contribution in [0.1, 0.15) is 16.1 Å². The predicted molar refractivity (Wildman–Crippen MR) is 77.2 cm³/mol. The molecule has 5 nitrogen and oxygen atoms in total. The number of phenols is 2. The molecule has 0 fully saturated rings. The number of hydrogen-bond donors (Lipinski definition) is 3. The molecular formula is C16H12N2O3. The number of benzene rings is 2. The zero-order chi connectivity index (χ0) is 14.8. The fraction of sp³-hybridized carbons (Fsp3) is 0. The molecule has 3 rings (SSSR count). The summed E-state index contributed by atoms with van der Waals surface area (Å²) in [4.78, 5) is 19.4. The first-order valence-electron chi connectivity index (χ1n) is 6.31. The van der Waals surface area contributed by atoms with E-state index in [0.717, 1.165) is 5.56 Å². The van der Waals surface area contributed by atoms with Crippen LogP contribution in [0.3, 0.4) is 0 Å². The van der Waals surface area contributed by atoms with E-state index in [-0.39, 0.29) is 17.3 Å². The van der Waals surface area contributed by atoms with Crippen molar-refractivity contribution in [1.29, 1.82) is 0 Å². The molecule has 0 spiro atoms. The molecule has 0 atom stereocenters. The molecule has 0 saturated heterocycles. The lowest BCUT2D eigenvalue weighted by Gasteiger charge is -1.99. The molecule has 3 aromatic rings. The third kappa shape index (κ3) is 2.62. The Morgan fingerprint density at radius 2 is 1.48 bits per heavy atom. The van der Waals surface area contributed by atoms with Crippen molar-refractivity contribution >= 4 is 5.78 Å². The monoisotopic (exact) mass is 280 g/mol. The van der Waals surface area contributed by atoms with Gasteiger partial charge < -0.3 is 15.2 Å². The highest BCUT2D eigenvalue weighted by atomic mass is 16.3. The highest BCUT2D eigenvalue weighted by molar-refractivity contribution is 6.07. The zero-order valence-electron chi connectivity index (χ0n) is 10.9. The van der Waals surface area contributed by atoms with Crippen molar-refractivity contribution in [1.82, 2.24) is 9.97 Å². The van der Waals surface area contributed by atoms with Gasteiger partial charge in [0.2, 0.25) is 5.78 Å². The van der Waals surface area contributed by atoms with E-state index in [1.807, 2.05) is 0 Å². The molecular weight excluding hydrogens is 268 g/mol. The normalized spacial score (nSPS) is 10.5. The van der Waals surface area contributed by atoms with Crippen LogP contribution in [0.5, 0.6) is 11.5 Å². The van der Waals surface area contributed by atoms with Gasteiger partial charge in [-0.15, -0.1) is 0 Å². The Labute approximate surface area is 120 Å². The quantitative estimate of drug-likeness (QED) is 0.644. The maximum absolute atomic E-state index is 12.3. The maximum atomic E-state index is 12.3. The Bertz CT molecular complexity index is 774. The Balaban J connectivity index is 1.89. The number of nitrogens with zero attached hydrogens (tertiary/aromatic N) is 1. The van der Waals surface area contributed by atoms with E-state index >= 15 is 0 Å². The summed E-state index contributed by atoms with van der Waals surface area (Å²) >= 11 is 0. The number of phenolic OH excluding ortho intramolecular Hbond substituents is 2. The van der Waals surface area contributed by atoms with Crippen LogP contribution in [0.4, 0.5) is 0 Å². The number of aromatic amines is 1. The van der Waals surface area contributed by atoms with Gasteiger partial charge in [0, 0.05) is 11.1 Å². The second-order valence-electron chi connectivity index (χ2n) is 4.57. The van der Waals surface area contributed by atoms with Crippen molar-refractivity contribution in [3.05, 3.63) is 66.0 Å². The molecule has 0 amide bonds. The summed E-state index contributed by atoms with van der Waals surface area (Å²) in [5.74, 6) is 0.635. The van der Waals surface area contributed by atoms with Crippen molar-refractivity contribution in [2.45, 2.75) is 0 Å². The number of hydrogen-bond acceptors (Lipinski definition) is 4. The SMILES string of the molecule is O=C(c1ccc(O)cc1)c1cnc(-c2ccc(O)cc2)[nH]1. The van der Waals surface area contributed by atoms with Crippen LogP contribution in [0, 0.1) is 0 Å². The van der Waals surface area contributed by atoms with E-state index in [1.165, 1.54) is 18.3 Å². The second-order valence-corrected chi connectivity index (χ2v) is 4.57. The average molecular weight is 280 g/mol. The standard InChI is InChI=1S/C16H12N2O3/c19-12-5-1-10(2-6-12)15(21)14-9-17-16(18-14)11-3-7-13(20)8-4-11/h1-9,19-20H,(H,17,18). The van der Waals surface area contributed by atoms with Crippen molar-refractivity contribution in [2.24, 2.45) is 0 Å². The molecule has 0 bridgehead atoms. The van der Waals surface area contributed by atoms with E-state index in [4.69, 9.17) is 0 Å². The van der Waals surface area contributed by atoms with E-state index < -0.39 is 0 Å². The van der Waals surface area contributed by atoms with E-state index in [0.29, 0.717) is 17.1 Å². The van der Waals surface area contributed by atoms with Crippen LogP contribution in [0.15, 0.2) is 54.7 Å². The highest BCUT2D eigenvalue weighted by Crippen LogP contribution is 2.20. The van der Waals surface area contributed by atoms with Crippen LogP contribution in [-0.2, 0) is 0 Å².